The van der Waals surface area contributed by atoms with Crippen molar-refractivity contribution in [1.82, 2.24) is 0 Å². The number of rotatable bonds is 17. The van der Waals surface area contributed by atoms with Crippen LogP contribution >= 0.6 is 0 Å². The molecule has 0 amide bonds. The van der Waals surface area contributed by atoms with Crippen LogP contribution in [0.2, 0.25) is 0 Å². The molecule has 0 saturated heterocycles. The Labute approximate surface area is 159 Å². The van der Waals surface area contributed by atoms with Crippen molar-refractivity contribution in [3.05, 3.63) is 0 Å². The van der Waals surface area contributed by atoms with Crippen LogP contribution in [-0.2, 0) is 0 Å². The van der Waals surface area contributed by atoms with Gasteiger partial charge in [0.1, 0.15) is 0 Å². The molecule has 0 aliphatic heterocycles. The van der Waals surface area contributed by atoms with Gasteiger partial charge in [-0.3, -0.25) is 0 Å². The van der Waals surface area contributed by atoms with Gasteiger partial charge in [0.2, 0.25) is 0 Å². The zero-order chi connectivity index (χ0) is 16.5. The fourth-order valence-corrected chi connectivity index (χ4v) is 3.28. The lowest BCUT2D eigenvalue weighted by molar-refractivity contribution is -0.890. The summed E-state index contributed by atoms with van der Waals surface area (Å²) < 4.78 is 1.24. The standard InChI is InChI=1S/C21H46N.BrH/c1-5-7-9-11-13-15-17-19-21-22(3,4)20-18-16-14-12-10-8-6-2;/h5-21H2,1-4H3;1H/q+1;/p-1. The van der Waals surface area contributed by atoms with Crippen molar-refractivity contribution in [2.45, 2.75) is 110 Å². The first-order chi connectivity index (χ1) is 10.6. The maximum absolute atomic E-state index is 2.43. The summed E-state index contributed by atoms with van der Waals surface area (Å²) >= 11 is 0. The first-order valence-electron chi connectivity index (χ1n) is 10.4. The minimum Gasteiger partial charge on any atom is -1.00 e. The average Bonchev–Trinajstić information content (AvgIpc) is 2.49. The summed E-state index contributed by atoms with van der Waals surface area (Å²) in [6.07, 6.45) is 21.5. The molecule has 142 valence electrons. The molecule has 0 bridgehead atoms. The van der Waals surface area contributed by atoms with E-state index in [1.807, 2.05) is 0 Å². The molecule has 0 fully saturated rings. The summed E-state index contributed by atoms with van der Waals surface area (Å²) in [4.78, 5) is 0. The van der Waals surface area contributed by atoms with Gasteiger partial charge in [-0.25, -0.2) is 0 Å². The van der Waals surface area contributed by atoms with E-state index in [9.17, 15) is 0 Å². The third kappa shape index (κ3) is 20.4. The van der Waals surface area contributed by atoms with Crippen molar-refractivity contribution >= 4 is 0 Å². The second-order valence-corrected chi connectivity index (χ2v) is 7.98. The number of unbranched alkanes of at least 4 members (excludes halogenated alkanes) is 13. The normalized spacial score (nSPS) is 11.5. The summed E-state index contributed by atoms with van der Waals surface area (Å²) in [6.45, 7) is 7.35. The van der Waals surface area contributed by atoms with Gasteiger partial charge in [0.15, 0.2) is 0 Å². The molecule has 0 heterocycles. The van der Waals surface area contributed by atoms with E-state index in [2.05, 4.69) is 27.9 Å². The minimum absolute atomic E-state index is 0. The lowest BCUT2D eigenvalue weighted by Gasteiger charge is -2.30. The zero-order valence-corrected chi connectivity index (χ0v) is 18.4. The molecule has 0 atom stereocenters. The molecule has 0 unspecified atom stereocenters. The molecule has 1 nitrogen and oxygen atoms in total. The van der Waals surface area contributed by atoms with Gasteiger partial charge >= 0.3 is 0 Å². The van der Waals surface area contributed by atoms with Gasteiger partial charge in [0, 0.05) is 0 Å². The predicted molar refractivity (Wildman–Crippen MR) is 102 cm³/mol. The maximum Gasteiger partial charge on any atom is 0.0782 e. The highest BCUT2D eigenvalue weighted by molar-refractivity contribution is 4.48. The summed E-state index contributed by atoms with van der Waals surface area (Å²) in [5.41, 5.74) is 0. The summed E-state index contributed by atoms with van der Waals surface area (Å²) in [5.74, 6) is 0. The molecule has 0 aromatic heterocycles. The van der Waals surface area contributed by atoms with Gasteiger partial charge in [0.05, 0.1) is 27.2 Å². The number of hydrogen-bond acceptors (Lipinski definition) is 0. The van der Waals surface area contributed by atoms with Crippen molar-refractivity contribution in [2.75, 3.05) is 27.2 Å². The van der Waals surface area contributed by atoms with E-state index in [0.29, 0.717) is 0 Å². The average molecular weight is 393 g/mol. The number of quaternary nitrogens is 1. The second kappa shape index (κ2) is 18.8. The zero-order valence-electron chi connectivity index (χ0n) is 16.8. The quantitative estimate of drug-likeness (QED) is 0.260. The van der Waals surface area contributed by atoms with E-state index in [1.54, 1.807) is 0 Å². The van der Waals surface area contributed by atoms with Crippen LogP contribution in [0.3, 0.4) is 0 Å². The summed E-state index contributed by atoms with van der Waals surface area (Å²) in [6, 6.07) is 0. The first-order valence-corrected chi connectivity index (χ1v) is 10.4. The van der Waals surface area contributed by atoms with Crippen molar-refractivity contribution in [3.8, 4) is 0 Å². The van der Waals surface area contributed by atoms with Crippen molar-refractivity contribution in [1.29, 1.82) is 0 Å². The molecule has 0 aliphatic rings. The Morgan fingerprint density at radius 2 is 0.696 bits per heavy atom. The molecule has 0 rings (SSSR count). The van der Waals surface area contributed by atoms with Crippen LogP contribution in [0.25, 0.3) is 0 Å². The molecule has 0 saturated carbocycles. The van der Waals surface area contributed by atoms with Crippen LogP contribution in [0.5, 0.6) is 0 Å². The smallest absolute Gasteiger partial charge is 0.0782 e. The molecule has 0 N–H and O–H groups in total. The molecule has 0 aromatic carbocycles. The van der Waals surface area contributed by atoms with Gasteiger partial charge < -0.3 is 21.5 Å². The largest absolute Gasteiger partial charge is 1.00 e. The van der Waals surface area contributed by atoms with Gasteiger partial charge in [-0.2, -0.15) is 0 Å². The maximum atomic E-state index is 2.43. The highest BCUT2D eigenvalue weighted by Crippen LogP contribution is 2.12. The first kappa shape index (κ1) is 25.7. The van der Waals surface area contributed by atoms with Crippen LogP contribution < -0.4 is 17.0 Å². The Bertz CT molecular complexity index is 216. The van der Waals surface area contributed by atoms with E-state index < -0.39 is 0 Å². The molecule has 0 aliphatic carbocycles. The number of halogens is 1. The topological polar surface area (TPSA) is 0 Å². The minimum atomic E-state index is 0. The SMILES string of the molecule is CCCCCCCCCC[N+](C)(C)CCCCCCCCC.[Br-]. The lowest BCUT2D eigenvalue weighted by atomic mass is 10.1. The summed E-state index contributed by atoms with van der Waals surface area (Å²) in [7, 11) is 4.86. The van der Waals surface area contributed by atoms with E-state index in [1.165, 1.54) is 114 Å². The van der Waals surface area contributed by atoms with E-state index >= 15 is 0 Å². The highest BCUT2D eigenvalue weighted by Gasteiger charge is 2.13. The van der Waals surface area contributed by atoms with Gasteiger partial charge in [-0.05, 0) is 25.7 Å². The van der Waals surface area contributed by atoms with E-state index in [-0.39, 0.29) is 17.0 Å². The van der Waals surface area contributed by atoms with Crippen molar-refractivity contribution < 1.29 is 21.5 Å². The number of nitrogens with zero attached hydrogens (tertiary/aromatic N) is 1. The second-order valence-electron chi connectivity index (χ2n) is 7.98. The van der Waals surface area contributed by atoms with Crippen LogP contribution in [0.1, 0.15) is 110 Å². The third-order valence-electron chi connectivity index (χ3n) is 4.98. The Balaban J connectivity index is 0. The van der Waals surface area contributed by atoms with E-state index in [0.717, 1.165) is 0 Å². The molecule has 0 radical (unpaired) electrons. The van der Waals surface area contributed by atoms with Crippen LogP contribution in [0.4, 0.5) is 0 Å². The molecule has 0 spiro atoms. The van der Waals surface area contributed by atoms with Crippen LogP contribution in [-0.4, -0.2) is 31.7 Å². The Kier molecular flexibility index (Phi) is 21.0. The molecular formula is C21H46BrN. The molecule has 0 aromatic rings. The Hall–Kier alpha value is 0.440. The van der Waals surface area contributed by atoms with Gasteiger partial charge in [0.25, 0.3) is 0 Å². The Morgan fingerprint density at radius 3 is 1.00 bits per heavy atom. The van der Waals surface area contributed by atoms with Crippen molar-refractivity contribution in [3.63, 3.8) is 0 Å². The fraction of sp³-hybridized carbons (Fsp3) is 1.00. The van der Waals surface area contributed by atoms with Gasteiger partial charge in [-0.15, -0.1) is 0 Å². The highest BCUT2D eigenvalue weighted by atomic mass is 79.9. The predicted octanol–water partition coefficient (Wildman–Crippen LogP) is 3.96. The monoisotopic (exact) mass is 391 g/mol. The number of hydrogen-bond donors (Lipinski definition) is 0. The van der Waals surface area contributed by atoms with Gasteiger partial charge in [-0.1, -0.05) is 84.5 Å². The lowest BCUT2D eigenvalue weighted by Crippen LogP contribution is -3.00. The van der Waals surface area contributed by atoms with E-state index in [4.69, 9.17) is 0 Å². The van der Waals surface area contributed by atoms with Crippen LogP contribution in [0, 0.1) is 0 Å². The molecule has 2 heteroatoms. The fourth-order valence-electron chi connectivity index (χ4n) is 3.28. The molecular weight excluding hydrogens is 346 g/mol. The summed E-state index contributed by atoms with van der Waals surface area (Å²) in [5, 5.41) is 0. The Morgan fingerprint density at radius 1 is 0.435 bits per heavy atom. The molecule has 23 heavy (non-hydrogen) atoms. The van der Waals surface area contributed by atoms with Crippen molar-refractivity contribution in [2.24, 2.45) is 0 Å². The third-order valence-corrected chi connectivity index (χ3v) is 4.98. The van der Waals surface area contributed by atoms with Crippen LogP contribution in [0.15, 0.2) is 0 Å².